The van der Waals surface area contributed by atoms with Gasteiger partial charge in [-0.1, -0.05) is 17.7 Å². The summed E-state index contributed by atoms with van der Waals surface area (Å²) in [6.45, 7) is 0.0765. The maximum Gasteiger partial charge on any atom is 0.175 e. The predicted octanol–water partition coefficient (Wildman–Crippen LogP) is 3.63. The lowest BCUT2D eigenvalue weighted by molar-refractivity contribution is 0.509. The summed E-state index contributed by atoms with van der Waals surface area (Å²) in [6, 6.07) is 7.89. The quantitative estimate of drug-likeness (QED) is 0.930. The maximum absolute atomic E-state index is 13.1. The van der Waals surface area contributed by atoms with Crippen LogP contribution in [0.3, 0.4) is 0 Å². The van der Waals surface area contributed by atoms with Gasteiger partial charge >= 0.3 is 0 Å². The van der Waals surface area contributed by atoms with E-state index < -0.39 is 21.5 Å². The van der Waals surface area contributed by atoms with Gasteiger partial charge < -0.3 is 5.32 Å². The third kappa shape index (κ3) is 3.71. The van der Waals surface area contributed by atoms with Crippen molar-refractivity contribution >= 4 is 27.1 Å². The van der Waals surface area contributed by atoms with Crippen LogP contribution in [0.2, 0.25) is 5.02 Å². The summed E-state index contributed by atoms with van der Waals surface area (Å²) in [4.78, 5) is 0.102. The van der Waals surface area contributed by atoms with E-state index >= 15 is 0 Å². The van der Waals surface area contributed by atoms with Crippen LogP contribution in [-0.4, -0.2) is 14.7 Å². The highest BCUT2D eigenvalue weighted by molar-refractivity contribution is 7.90. The minimum absolute atomic E-state index is 0.0765. The molecular weight excluding hydrogens is 320 g/mol. The van der Waals surface area contributed by atoms with E-state index in [9.17, 15) is 17.2 Å². The molecule has 0 atom stereocenters. The molecule has 0 unspecified atom stereocenters. The molecule has 3 nitrogen and oxygen atoms in total. The molecule has 0 saturated heterocycles. The normalized spacial score (nSPS) is 11.4. The summed E-state index contributed by atoms with van der Waals surface area (Å²) < 4.78 is 49.4. The fraction of sp³-hybridized carbons (Fsp3) is 0.143. The van der Waals surface area contributed by atoms with Gasteiger partial charge in [0.2, 0.25) is 0 Å². The van der Waals surface area contributed by atoms with Crippen molar-refractivity contribution in [3.05, 3.63) is 58.6 Å². The van der Waals surface area contributed by atoms with E-state index in [-0.39, 0.29) is 16.5 Å². The van der Waals surface area contributed by atoms with Crippen molar-refractivity contribution < 1.29 is 17.2 Å². The lowest BCUT2D eigenvalue weighted by atomic mass is 10.2. The molecule has 0 saturated carbocycles. The first kappa shape index (κ1) is 15.7. The van der Waals surface area contributed by atoms with Crippen molar-refractivity contribution in [1.82, 2.24) is 0 Å². The molecule has 2 aromatic carbocycles. The largest absolute Gasteiger partial charge is 0.381 e. The molecular formula is C14H12ClF2NO2S. The van der Waals surface area contributed by atoms with Crippen molar-refractivity contribution in [3.63, 3.8) is 0 Å². The molecule has 0 aliphatic carbocycles. The van der Waals surface area contributed by atoms with Gasteiger partial charge in [0.25, 0.3) is 0 Å². The second-order valence-electron chi connectivity index (χ2n) is 4.47. The number of rotatable bonds is 4. The SMILES string of the molecule is CS(=O)(=O)c1cccc(Cl)c1CNc1ccc(F)c(F)c1. The molecule has 0 radical (unpaired) electrons. The van der Waals surface area contributed by atoms with E-state index in [1.54, 1.807) is 12.1 Å². The molecule has 2 rings (SSSR count). The van der Waals surface area contributed by atoms with Crippen LogP contribution in [-0.2, 0) is 16.4 Å². The van der Waals surface area contributed by atoms with E-state index in [4.69, 9.17) is 11.6 Å². The van der Waals surface area contributed by atoms with Crippen molar-refractivity contribution in [1.29, 1.82) is 0 Å². The number of anilines is 1. The highest BCUT2D eigenvalue weighted by Crippen LogP contribution is 2.25. The van der Waals surface area contributed by atoms with Crippen LogP contribution in [0.4, 0.5) is 14.5 Å². The molecule has 2 aromatic rings. The van der Waals surface area contributed by atoms with Gasteiger partial charge in [0, 0.05) is 35.1 Å². The van der Waals surface area contributed by atoms with E-state index in [0.29, 0.717) is 11.3 Å². The Morgan fingerprint density at radius 2 is 1.86 bits per heavy atom. The first-order valence-corrected chi connectivity index (χ1v) is 8.22. The number of hydrogen-bond acceptors (Lipinski definition) is 3. The molecule has 0 heterocycles. The third-order valence-electron chi connectivity index (χ3n) is 2.86. The summed E-state index contributed by atoms with van der Waals surface area (Å²) in [5, 5.41) is 3.11. The summed E-state index contributed by atoms with van der Waals surface area (Å²) >= 11 is 6.02. The van der Waals surface area contributed by atoms with Crippen LogP contribution in [0.15, 0.2) is 41.3 Å². The van der Waals surface area contributed by atoms with Gasteiger partial charge in [-0.3, -0.25) is 0 Å². The Balaban J connectivity index is 2.30. The van der Waals surface area contributed by atoms with Gasteiger partial charge in [0.05, 0.1) is 4.90 Å². The zero-order valence-corrected chi connectivity index (χ0v) is 12.6. The molecule has 0 aromatic heterocycles. The van der Waals surface area contributed by atoms with Gasteiger partial charge in [-0.15, -0.1) is 0 Å². The third-order valence-corrected chi connectivity index (χ3v) is 4.40. The number of nitrogens with one attached hydrogen (secondary N) is 1. The van der Waals surface area contributed by atoms with Crippen molar-refractivity contribution in [2.24, 2.45) is 0 Å². The minimum atomic E-state index is -3.43. The Hall–Kier alpha value is -1.66. The van der Waals surface area contributed by atoms with Crippen molar-refractivity contribution in [2.75, 3.05) is 11.6 Å². The zero-order chi connectivity index (χ0) is 15.6. The van der Waals surface area contributed by atoms with Crippen LogP contribution in [0.25, 0.3) is 0 Å². The van der Waals surface area contributed by atoms with Crippen molar-refractivity contribution in [3.8, 4) is 0 Å². The van der Waals surface area contributed by atoms with E-state index in [0.717, 1.165) is 18.4 Å². The number of hydrogen-bond donors (Lipinski definition) is 1. The fourth-order valence-corrected chi connectivity index (χ4v) is 3.11. The van der Waals surface area contributed by atoms with Gasteiger partial charge in [-0.25, -0.2) is 17.2 Å². The number of halogens is 3. The molecule has 0 amide bonds. The van der Waals surface area contributed by atoms with Gasteiger partial charge in [0.15, 0.2) is 21.5 Å². The lowest BCUT2D eigenvalue weighted by Gasteiger charge is -2.12. The topological polar surface area (TPSA) is 46.2 Å². The lowest BCUT2D eigenvalue weighted by Crippen LogP contribution is -2.08. The van der Waals surface area contributed by atoms with Gasteiger partial charge in [-0.05, 0) is 24.3 Å². The first-order chi connectivity index (χ1) is 9.79. The monoisotopic (exact) mass is 331 g/mol. The summed E-state index contributed by atoms with van der Waals surface area (Å²) in [6.07, 6.45) is 1.08. The molecule has 0 spiro atoms. The van der Waals surface area contributed by atoms with E-state index in [1.807, 2.05) is 0 Å². The van der Waals surface area contributed by atoms with Gasteiger partial charge in [-0.2, -0.15) is 0 Å². The average molecular weight is 332 g/mol. The molecule has 0 fully saturated rings. The molecule has 1 N–H and O–H groups in total. The summed E-state index contributed by atoms with van der Waals surface area (Å²) in [5.41, 5.74) is 0.708. The second kappa shape index (κ2) is 5.99. The molecule has 7 heteroatoms. The Morgan fingerprint density at radius 1 is 1.14 bits per heavy atom. The first-order valence-electron chi connectivity index (χ1n) is 5.95. The Bertz CT molecular complexity index is 779. The van der Waals surface area contributed by atoms with Crippen LogP contribution >= 0.6 is 11.6 Å². The standard InChI is InChI=1S/C14H12ClF2NO2S/c1-21(19,20)14-4-2-3-11(15)10(14)8-18-9-5-6-12(16)13(17)7-9/h2-7,18H,8H2,1H3. The second-order valence-corrected chi connectivity index (χ2v) is 6.86. The van der Waals surface area contributed by atoms with E-state index in [2.05, 4.69) is 5.32 Å². The zero-order valence-electron chi connectivity index (χ0n) is 11.0. The van der Waals surface area contributed by atoms with E-state index in [1.165, 1.54) is 12.1 Å². The Labute approximate surface area is 126 Å². The Morgan fingerprint density at radius 3 is 2.48 bits per heavy atom. The predicted molar refractivity (Wildman–Crippen MR) is 78.2 cm³/mol. The minimum Gasteiger partial charge on any atom is -0.381 e. The molecule has 112 valence electrons. The number of benzene rings is 2. The molecule has 21 heavy (non-hydrogen) atoms. The maximum atomic E-state index is 13.1. The van der Waals surface area contributed by atoms with Crippen LogP contribution in [0.1, 0.15) is 5.56 Å². The fourth-order valence-electron chi connectivity index (χ4n) is 1.85. The van der Waals surface area contributed by atoms with Crippen LogP contribution < -0.4 is 5.32 Å². The summed E-state index contributed by atoms with van der Waals surface area (Å²) in [5.74, 6) is -1.93. The van der Waals surface area contributed by atoms with Crippen molar-refractivity contribution in [2.45, 2.75) is 11.4 Å². The average Bonchev–Trinajstić information content (AvgIpc) is 2.40. The smallest absolute Gasteiger partial charge is 0.175 e. The summed E-state index contributed by atoms with van der Waals surface area (Å²) in [7, 11) is -3.43. The van der Waals surface area contributed by atoms with Crippen LogP contribution in [0.5, 0.6) is 0 Å². The highest BCUT2D eigenvalue weighted by atomic mass is 35.5. The highest BCUT2D eigenvalue weighted by Gasteiger charge is 2.15. The van der Waals surface area contributed by atoms with Gasteiger partial charge in [0.1, 0.15) is 0 Å². The molecule has 0 aliphatic rings. The molecule has 0 aliphatic heterocycles. The van der Waals surface area contributed by atoms with Crippen LogP contribution in [0, 0.1) is 11.6 Å². The Kier molecular flexibility index (Phi) is 4.49. The number of sulfone groups is 1. The molecule has 0 bridgehead atoms.